The number of ether oxygens (including phenoxy) is 2. The Morgan fingerprint density at radius 1 is 1.13 bits per heavy atom. The van der Waals surface area contributed by atoms with Gasteiger partial charge in [-0.3, -0.25) is 9.59 Å². The van der Waals surface area contributed by atoms with E-state index in [-0.39, 0.29) is 30.9 Å². The number of carbonyl (C=O) groups excluding carboxylic acids is 2. The molecular formula is C17H24ClNO4. The van der Waals surface area contributed by atoms with E-state index in [9.17, 15) is 9.59 Å². The third-order valence-corrected chi connectivity index (χ3v) is 3.04. The number of halogens is 1. The third kappa shape index (κ3) is 7.88. The van der Waals surface area contributed by atoms with Gasteiger partial charge in [0.25, 0.3) is 5.91 Å². The molecule has 0 aliphatic heterocycles. The zero-order chi connectivity index (χ0) is 17.4. The standard InChI is InChI=1S/C17H24ClNO4/c1-11(2)9-16(20)23-15(17(21)19-12(3)4)10-22-14-7-5-13(18)6-8-14/h5-8,11-12,15H,9-10H2,1-4H3,(H,19,21). The molecule has 1 N–H and O–H groups in total. The molecule has 1 unspecified atom stereocenters. The van der Waals surface area contributed by atoms with Crippen molar-refractivity contribution < 1.29 is 19.1 Å². The van der Waals surface area contributed by atoms with E-state index in [4.69, 9.17) is 21.1 Å². The molecule has 0 bridgehead atoms. The largest absolute Gasteiger partial charge is 0.489 e. The van der Waals surface area contributed by atoms with Gasteiger partial charge in [-0.2, -0.15) is 0 Å². The molecule has 5 nitrogen and oxygen atoms in total. The van der Waals surface area contributed by atoms with Crippen LogP contribution >= 0.6 is 11.6 Å². The molecule has 23 heavy (non-hydrogen) atoms. The van der Waals surface area contributed by atoms with Crippen LogP contribution in [0.3, 0.4) is 0 Å². The SMILES string of the molecule is CC(C)CC(=O)OC(COc1ccc(Cl)cc1)C(=O)NC(C)C. The molecule has 0 aromatic heterocycles. The van der Waals surface area contributed by atoms with E-state index in [2.05, 4.69) is 5.32 Å². The summed E-state index contributed by atoms with van der Waals surface area (Å²) in [5, 5.41) is 3.32. The Morgan fingerprint density at radius 3 is 2.26 bits per heavy atom. The van der Waals surface area contributed by atoms with E-state index < -0.39 is 12.1 Å². The first-order chi connectivity index (χ1) is 10.8. The summed E-state index contributed by atoms with van der Waals surface area (Å²) in [5.74, 6) is -0.0696. The number of benzene rings is 1. The second-order valence-corrected chi connectivity index (χ2v) is 6.44. The molecular weight excluding hydrogens is 318 g/mol. The van der Waals surface area contributed by atoms with Crippen LogP contribution < -0.4 is 10.1 Å². The van der Waals surface area contributed by atoms with Crippen molar-refractivity contribution in [3.63, 3.8) is 0 Å². The van der Waals surface area contributed by atoms with Crippen molar-refractivity contribution >= 4 is 23.5 Å². The fourth-order valence-corrected chi connectivity index (χ4v) is 1.91. The molecule has 1 amide bonds. The van der Waals surface area contributed by atoms with Crippen molar-refractivity contribution in [3.8, 4) is 5.75 Å². The Morgan fingerprint density at radius 2 is 1.74 bits per heavy atom. The predicted octanol–water partition coefficient (Wildman–Crippen LogP) is 3.20. The minimum absolute atomic E-state index is 0.0515. The molecule has 0 saturated heterocycles. The smallest absolute Gasteiger partial charge is 0.306 e. The summed E-state index contributed by atoms with van der Waals surface area (Å²) in [6, 6.07) is 6.70. The molecule has 0 spiro atoms. The predicted molar refractivity (Wildman–Crippen MR) is 89.6 cm³/mol. The fraction of sp³-hybridized carbons (Fsp3) is 0.529. The molecule has 6 heteroatoms. The van der Waals surface area contributed by atoms with Crippen LogP contribution in [0.15, 0.2) is 24.3 Å². The first-order valence-electron chi connectivity index (χ1n) is 7.66. The van der Waals surface area contributed by atoms with Crippen LogP contribution in [0.1, 0.15) is 34.1 Å². The first kappa shape index (κ1) is 19.3. The molecule has 1 rings (SSSR count). The Bertz CT molecular complexity index is 514. The van der Waals surface area contributed by atoms with E-state index in [1.165, 1.54) is 0 Å². The number of carbonyl (C=O) groups is 2. The topological polar surface area (TPSA) is 64.6 Å². The molecule has 0 saturated carbocycles. The van der Waals surface area contributed by atoms with Crippen LogP contribution in [-0.4, -0.2) is 30.6 Å². The number of nitrogens with one attached hydrogen (secondary N) is 1. The molecule has 0 aliphatic carbocycles. The van der Waals surface area contributed by atoms with Gasteiger partial charge in [0, 0.05) is 17.5 Å². The lowest BCUT2D eigenvalue weighted by Gasteiger charge is -2.20. The first-order valence-corrected chi connectivity index (χ1v) is 8.04. The van der Waals surface area contributed by atoms with Gasteiger partial charge in [0.15, 0.2) is 0 Å². The normalized spacial score (nSPS) is 12.1. The number of esters is 1. The zero-order valence-corrected chi connectivity index (χ0v) is 14.7. The van der Waals surface area contributed by atoms with Crippen LogP contribution in [0.4, 0.5) is 0 Å². The molecule has 0 aliphatic rings. The Hall–Kier alpha value is -1.75. The van der Waals surface area contributed by atoms with Gasteiger partial charge in [0.05, 0.1) is 0 Å². The lowest BCUT2D eigenvalue weighted by Crippen LogP contribution is -2.44. The van der Waals surface area contributed by atoms with Gasteiger partial charge in [-0.1, -0.05) is 25.4 Å². The Kier molecular flexibility index (Phi) is 7.89. The van der Waals surface area contributed by atoms with Crippen LogP contribution in [0.5, 0.6) is 5.75 Å². The van der Waals surface area contributed by atoms with Crippen molar-refractivity contribution in [2.24, 2.45) is 5.92 Å². The Labute approximate surface area is 142 Å². The van der Waals surface area contributed by atoms with Gasteiger partial charge in [-0.15, -0.1) is 0 Å². The highest BCUT2D eigenvalue weighted by atomic mass is 35.5. The summed E-state index contributed by atoms with van der Waals surface area (Å²) >= 11 is 5.81. The maximum atomic E-state index is 12.2. The molecule has 0 radical (unpaired) electrons. The maximum absolute atomic E-state index is 12.2. The number of hydrogen-bond acceptors (Lipinski definition) is 4. The minimum Gasteiger partial charge on any atom is -0.489 e. The monoisotopic (exact) mass is 341 g/mol. The highest BCUT2D eigenvalue weighted by molar-refractivity contribution is 6.30. The highest BCUT2D eigenvalue weighted by Gasteiger charge is 2.24. The summed E-state index contributed by atoms with van der Waals surface area (Å²) < 4.78 is 10.8. The van der Waals surface area contributed by atoms with Crippen molar-refractivity contribution in [2.75, 3.05) is 6.61 Å². The Balaban J connectivity index is 2.67. The molecule has 0 heterocycles. The van der Waals surface area contributed by atoms with Crippen LogP contribution in [0.2, 0.25) is 5.02 Å². The van der Waals surface area contributed by atoms with Gasteiger partial charge in [-0.05, 0) is 44.0 Å². The lowest BCUT2D eigenvalue weighted by molar-refractivity contribution is -0.158. The van der Waals surface area contributed by atoms with E-state index in [0.29, 0.717) is 10.8 Å². The summed E-state index contributed by atoms with van der Waals surface area (Å²) in [5.41, 5.74) is 0. The van der Waals surface area contributed by atoms with E-state index in [1.54, 1.807) is 24.3 Å². The summed E-state index contributed by atoms with van der Waals surface area (Å²) in [6.45, 7) is 7.45. The van der Waals surface area contributed by atoms with Gasteiger partial charge in [0.1, 0.15) is 12.4 Å². The molecule has 128 valence electrons. The highest BCUT2D eigenvalue weighted by Crippen LogP contribution is 2.16. The van der Waals surface area contributed by atoms with E-state index in [0.717, 1.165) is 0 Å². The number of rotatable bonds is 8. The summed E-state index contributed by atoms with van der Waals surface area (Å²) in [4.78, 5) is 24.0. The summed E-state index contributed by atoms with van der Waals surface area (Å²) in [6.07, 6.45) is -0.730. The molecule has 1 aromatic rings. The number of hydrogen-bond donors (Lipinski definition) is 1. The fourth-order valence-electron chi connectivity index (χ4n) is 1.78. The zero-order valence-electron chi connectivity index (χ0n) is 14.0. The van der Waals surface area contributed by atoms with E-state index >= 15 is 0 Å². The van der Waals surface area contributed by atoms with Crippen molar-refractivity contribution in [3.05, 3.63) is 29.3 Å². The quantitative estimate of drug-likeness (QED) is 0.737. The molecule has 1 aromatic carbocycles. The van der Waals surface area contributed by atoms with Crippen LogP contribution in [-0.2, 0) is 14.3 Å². The molecule has 1 atom stereocenters. The van der Waals surface area contributed by atoms with Gasteiger partial charge < -0.3 is 14.8 Å². The average Bonchev–Trinajstić information content (AvgIpc) is 2.43. The van der Waals surface area contributed by atoms with Crippen molar-refractivity contribution in [1.82, 2.24) is 5.32 Å². The number of amides is 1. The average molecular weight is 342 g/mol. The van der Waals surface area contributed by atoms with Crippen LogP contribution in [0, 0.1) is 5.92 Å². The van der Waals surface area contributed by atoms with Gasteiger partial charge in [0.2, 0.25) is 6.10 Å². The third-order valence-electron chi connectivity index (χ3n) is 2.79. The minimum atomic E-state index is -0.987. The van der Waals surface area contributed by atoms with Gasteiger partial charge >= 0.3 is 5.97 Å². The summed E-state index contributed by atoms with van der Waals surface area (Å²) in [7, 11) is 0. The second-order valence-electron chi connectivity index (χ2n) is 6.00. The van der Waals surface area contributed by atoms with E-state index in [1.807, 2.05) is 27.7 Å². The van der Waals surface area contributed by atoms with Crippen LogP contribution in [0.25, 0.3) is 0 Å². The van der Waals surface area contributed by atoms with Gasteiger partial charge in [-0.25, -0.2) is 0 Å². The van der Waals surface area contributed by atoms with Crippen molar-refractivity contribution in [1.29, 1.82) is 0 Å². The second kappa shape index (κ2) is 9.40. The molecule has 0 fully saturated rings. The lowest BCUT2D eigenvalue weighted by atomic mass is 10.1. The maximum Gasteiger partial charge on any atom is 0.306 e. The van der Waals surface area contributed by atoms with Crippen molar-refractivity contribution in [2.45, 2.75) is 46.3 Å².